The van der Waals surface area contributed by atoms with Crippen molar-refractivity contribution in [3.63, 3.8) is 0 Å². The van der Waals surface area contributed by atoms with Crippen molar-refractivity contribution in [2.24, 2.45) is 5.92 Å². The SMILES string of the molecule is O=C(O)C(OCc1ccc(Br)cc1)C1CC1. The van der Waals surface area contributed by atoms with E-state index in [4.69, 9.17) is 9.84 Å². The summed E-state index contributed by atoms with van der Waals surface area (Å²) in [6.07, 6.45) is 1.30. The molecule has 1 unspecified atom stereocenters. The molecule has 0 saturated heterocycles. The molecule has 4 heteroatoms. The predicted molar refractivity (Wildman–Crippen MR) is 63.1 cm³/mol. The number of benzene rings is 1. The van der Waals surface area contributed by atoms with E-state index in [-0.39, 0.29) is 5.92 Å². The monoisotopic (exact) mass is 284 g/mol. The lowest BCUT2D eigenvalue weighted by molar-refractivity contribution is -0.152. The Hall–Kier alpha value is -0.870. The number of carboxylic acids is 1. The van der Waals surface area contributed by atoms with Gasteiger partial charge in [0, 0.05) is 4.47 Å². The summed E-state index contributed by atoms with van der Waals surface area (Å²) in [6.45, 7) is 0.362. The Morgan fingerprint density at radius 3 is 2.56 bits per heavy atom. The van der Waals surface area contributed by atoms with Crippen LogP contribution in [0.1, 0.15) is 18.4 Å². The summed E-state index contributed by atoms with van der Waals surface area (Å²) in [5.41, 5.74) is 0.995. The van der Waals surface area contributed by atoms with E-state index in [1.165, 1.54) is 0 Å². The van der Waals surface area contributed by atoms with Crippen LogP contribution < -0.4 is 0 Å². The predicted octanol–water partition coefficient (Wildman–Crippen LogP) is 2.83. The van der Waals surface area contributed by atoms with E-state index in [0.717, 1.165) is 22.9 Å². The van der Waals surface area contributed by atoms with Gasteiger partial charge in [-0.3, -0.25) is 0 Å². The van der Waals surface area contributed by atoms with Crippen LogP contribution >= 0.6 is 15.9 Å². The van der Waals surface area contributed by atoms with Crippen molar-refractivity contribution in [2.75, 3.05) is 0 Å². The summed E-state index contributed by atoms with van der Waals surface area (Å²) in [7, 11) is 0. The van der Waals surface area contributed by atoms with Gasteiger partial charge in [0.15, 0.2) is 6.10 Å². The first kappa shape index (κ1) is 11.6. The van der Waals surface area contributed by atoms with Gasteiger partial charge in [-0.05, 0) is 36.5 Å². The van der Waals surface area contributed by atoms with Gasteiger partial charge >= 0.3 is 5.97 Å². The molecule has 1 atom stereocenters. The van der Waals surface area contributed by atoms with Crippen molar-refractivity contribution < 1.29 is 14.6 Å². The van der Waals surface area contributed by atoms with Gasteiger partial charge in [0.2, 0.25) is 0 Å². The van der Waals surface area contributed by atoms with E-state index in [2.05, 4.69) is 15.9 Å². The molecule has 0 aromatic heterocycles. The molecule has 3 nitrogen and oxygen atoms in total. The zero-order valence-corrected chi connectivity index (χ0v) is 10.3. The first-order valence-electron chi connectivity index (χ1n) is 5.25. The van der Waals surface area contributed by atoms with Crippen LogP contribution in [0.15, 0.2) is 28.7 Å². The fraction of sp³-hybridized carbons (Fsp3) is 0.417. The van der Waals surface area contributed by atoms with E-state index in [0.29, 0.717) is 6.61 Å². The molecule has 1 N–H and O–H groups in total. The van der Waals surface area contributed by atoms with E-state index >= 15 is 0 Å². The van der Waals surface area contributed by atoms with Crippen LogP contribution in [-0.2, 0) is 16.1 Å². The minimum absolute atomic E-state index is 0.216. The fourth-order valence-corrected chi connectivity index (χ4v) is 1.84. The Kier molecular flexibility index (Phi) is 3.61. The maximum atomic E-state index is 10.9. The molecule has 1 aromatic carbocycles. The number of ether oxygens (including phenoxy) is 1. The van der Waals surface area contributed by atoms with Crippen molar-refractivity contribution in [3.05, 3.63) is 34.3 Å². The van der Waals surface area contributed by atoms with Crippen molar-refractivity contribution in [1.29, 1.82) is 0 Å². The van der Waals surface area contributed by atoms with Gasteiger partial charge in [-0.15, -0.1) is 0 Å². The molecule has 1 aliphatic rings. The van der Waals surface area contributed by atoms with E-state index in [1.54, 1.807) is 0 Å². The van der Waals surface area contributed by atoms with Gasteiger partial charge < -0.3 is 9.84 Å². The number of carbonyl (C=O) groups is 1. The van der Waals surface area contributed by atoms with Crippen molar-refractivity contribution in [3.8, 4) is 0 Å². The van der Waals surface area contributed by atoms with Crippen molar-refractivity contribution >= 4 is 21.9 Å². The molecule has 0 bridgehead atoms. The average molecular weight is 285 g/mol. The van der Waals surface area contributed by atoms with Crippen LogP contribution in [0.25, 0.3) is 0 Å². The summed E-state index contributed by atoms with van der Waals surface area (Å²) < 4.78 is 6.45. The molecule has 1 aromatic rings. The summed E-state index contributed by atoms with van der Waals surface area (Å²) in [4.78, 5) is 10.9. The zero-order chi connectivity index (χ0) is 11.5. The third-order valence-corrected chi connectivity index (χ3v) is 3.17. The van der Waals surface area contributed by atoms with Crippen LogP contribution in [0.2, 0.25) is 0 Å². The zero-order valence-electron chi connectivity index (χ0n) is 8.73. The smallest absolute Gasteiger partial charge is 0.333 e. The third-order valence-electron chi connectivity index (χ3n) is 2.64. The highest BCUT2D eigenvalue weighted by molar-refractivity contribution is 9.10. The molecule has 2 rings (SSSR count). The number of carboxylic acid groups (broad SMARTS) is 1. The quantitative estimate of drug-likeness (QED) is 0.904. The highest BCUT2D eigenvalue weighted by atomic mass is 79.9. The summed E-state index contributed by atoms with van der Waals surface area (Å²) in [5, 5.41) is 8.97. The second-order valence-electron chi connectivity index (χ2n) is 4.03. The number of aliphatic carboxylic acids is 1. The molecule has 1 fully saturated rings. The number of rotatable bonds is 5. The van der Waals surface area contributed by atoms with Crippen LogP contribution in [0.5, 0.6) is 0 Å². The Bertz CT molecular complexity index is 370. The summed E-state index contributed by atoms with van der Waals surface area (Å²) >= 11 is 3.35. The molecule has 0 heterocycles. The van der Waals surface area contributed by atoms with Gasteiger partial charge in [-0.2, -0.15) is 0 Å². The maximum Gasteiger partial charge on any atom is 0.333 e. The second kappa shape index (κ2) is 4.97. The van der Waals surface area contributed by atoms with Crippen molar-refractivity contribution in [1.82, 2.24) is 0 Å². The molecule has 0 amide bonds. The molecule has 1 saturated carbocycles. The molecular formula is C12H13BrO3. The fourth-order valence-electron chi connectivity index (χ4n) is 1.57. The van der Waals surface area contributed by atoms with Gasteiger partial charge in [0.1, 0.15) is 0 Å². The molecule has 0 radical (unpaired) electrons. The van der Waals surface area contributed by atoms with Crippen LogP contribution in [-0.4, -0.2) is 17.2 Å². The Morgan fingerprint density at radius 1 is 1.44 bits per heavy atom. The Balaban J connectivity index is 1.90. The average Bonchev–Trinajstić information content (AvgIpc) is 3.05. The van der Waals surface area contributed by atoms with Gasteiger partial charge in [0.05, 0.1) is 6.61 Å². The first-order valence-corrected chi connectivity index (χ1v) is 6.05. The lowest BCUT2D eigenvalue weighted by atomic mass is 10.2. The minimum Gasteiger partial charge on any atom is -0.479 e. The molecule has 1 aliphatic carbocycles. The summed E-state index contributed by atoms with van der Waals surface area (Å²) in [5.74, 6) is -0.632. The second-order valence-corrected chi connectivity index (χ2v) is 4.95. The van der Waals surface area contributed by atoms with Gasteiger partial charge in [-0.25, -0.2) is 4.79 Å². The van der Waals surface area contributed by atoms with Gasteiger partial charge in [0.25, 0.3) is 0 Å². The number of hydrogen-bond acceptors (Lipinski definition) is 2. The highest BCUT2D eigenvalue weighted by Crippen LogP contribution is 2.34. The van der Waals surface area contributed by atoms with Crippen molar-refractivity contribution in [2.45, 2.75) is 25.6 Å². The Labute approximate surface area is 103 Å². The largest absolute Gasteiger partial charge is 0.479 e. The molecule has 0 aliphatic heterocycles. The standard InChI is InChI=1S/C12H13BrO3/c13-10-5-1-8(2-6-10)7-16-11(12(14)15)9-3-4-9/h1-2,5-6,9,11H,3-4,7H2,(H,14,15). The molecular weight excluding hydrogens is 272 g/mol. The lowest BCUT2D eigenvalue weighted by Gasteiger charge is -2.12. The third kappa shape index (κ3) is 3.06. The maximum absolute atomic E-state index is 10.9. The molecule has 86 valence electrons. The van der Waals surface area contributed by atoms with Crippen LogP contribution in [0.3, 0.4) is 0 Å². The molecule has 16 heavy (non-hydrogen) atoms. The van der Waals surface area contributed by atoms with E-state index < -0.39 is 12.1 Å². The first-order chi connectivity index (χ1) is 7.66. The summed E-state index contributed by atoms with van der Waals surface area (Å²) in [6, 6.07) is 7.70. The number of halogens is 1. The van der Waals surface area contributed by atoms with Gasteiger partial charge in [-0.1, -0.05) is 28.1 Å². The topological polar surface area (TPSA) is 46.5 Å². The van der Waals surface area contributed by atoms with Crippen LogP contribution in [0.4, 0.5) is 0 Å². The minimum atomic E-state index is -0.848. The highest BCUT2D eigenvalue weighted by Gasteiger charge is 2.37. The van der Waals surface area contributed by atoms with E-state index in [9.17, 15) is 4.79 Å². The van der Waals surface area contributed by atoms with Crippen LogP contribution in [0, 0.1) is 5.92 Å². The molecule has 0 spiro atoms. The Morgan fingerprint density at radius 2 is 2.06 bits per heavy atom. The normalized spacial score (nSPS) is 17.1. The van der Waals surface area contributed by atoms with E-state index in [1.807, 2.05) is 24.3 Å². The lowest BCUT2D eigenvalue weighted by Crippen LogP contribution is -2.25. The number of hydrogen-bond donors (Lipinski definition) is 1.